The Kier molecular flexibility index (Phi) is 4.01. The van der Waals surface area contributed by atoms with Crippen molar-refractivity contribution in [3.05, 3.63) is 39.8 Å². The van der Waals surface area contributed by atoms with Crippen molar-refractivity contribution in [3.63, 3.8) is 0 Å². The second kappa shape index (κ2) is 5.71. The highest BCUT2D eigenvalue weighted by Gasteiger charge is 2.10. The standard InChI is InChI=1S/C13H13NO4S/c1-8-14-6-10(19-8)7-18-12-5-9(13(15)16)3-4-11(12)17-2/h3-6H,7H2,1-2H3,(H,15,16). The fourth-order valence-corrected chi connectivity index (χ4v) is 2.25. The molecule has 2 aromatic rings. The van der Waals surface area contributed by atoms with Gasteiger partial charge < -0.3 is 14.6 Å². The van der Waals surface area contributed by atoms with Crippen molar-refractivity contribution < 1.29 is 19.4 Å². The topological polar surface area (TPSA) is 68.7 Å². The third-order valence-corrected chi connectivity index (χ3v) is 3.34. The van der Waals surface area contributed by atoms with E-state index in [-0.39, 0.29) is 5.56 Å². The average molecular weight is 279 g/mol. The van der Waals surface area contributed by atoms with Gasteiger partial charge in [0.05, 0.1) is 22.6 Å². The smallest absolute Gasteiger partial charge is 0.335 e. The second-order valence-electron chi connectivity index (χ2n) is 3.81. The van der Waals surface area contributed by atoms with E-state index in [1.807, 2.05) is 6.92 Å². The molecule has 1 aromatic carbocycles. The predicted molar refractivity (Wildman–Crippen MR) is 71.1 cm³/mol. The van der Waals surface area contributed by atoms with Crippen LogP contribution in [-0.4, -0.2) is 23.2 Å². The van der Waals surface area contributed by atoms with Crippen LogP contribution in [0, 0.1) is 6.92 Å². The van der Waals surface area contributed by atoms with Crippen molar-refractivity contribution in [3.8, 4) is 11.5 Å². The van der Waals surface area contributed by atoms with E-state index in [1.54, 1.807) is 12.3 Å². The SMILES string of the molecule is COc1ccc(C(=O)O)cc1OCc1cnc(C)s1. The zero-order valence-corrected chi connectivity index (χ0v) is 11.4. The number of ether oxygens (including phenoxy) is 2. The van der Waals surface area contributed by atoms with Crippen LogP contribution >= 0.6 is 11.3 Å². The van der Waals surface area contributed by atoms with E-state index < -0.39 is 5.97 Å². The van der Waals surface area contributed by atoms with Crippen LogP contribution < -0.4 is 9.47 Å². The molecule has 0 radical (unpaired) electrons. The van der Waals surface area contributed by atoms with Crippen LogP contribution in [0.5, 0.6) is 11.5 Å². The Balaban J connectivity index is 2.17. The molecule has 0 bridgehead atoms. The van der Waals surface area contributed by atoms with Gasteiger partial charge in [-0.15, -0.1) is 11.3 Å². The molecule has 2 rings (SSSR count). The number of carboxylic acid groups (broad SMARTS) is 1. The molecule has 0 saturated carbocycles. The van der Waals surface area contributed by atoms with E-state index in [0.717, 1.165) is 9.88 Å². The van der Waals surface area contributed by atoms with Gasteiger partial charge in [0.1, 0.15) is 6.61 Å². The van der Waals surface area contributed by atoms with Crippen LogP contribution in [0.3, 0.4) is 0 Å². The first-order valence-electron chi connectivity index (χ1n) is 5.55. The molecule has 100 valence electrons. The molecule has 0 fully saturated rings. The van der Waals surface area contributed by atoms with Crippen molar-refractivity contribution >= 4 is 17.3 Å². The monoisotopic (exact) mass is 279 g/mol. The minimum Gasteiger partial charge on any atom is -0.493 e. The number of hydrogen-bond donors (Lipinski definition) is 1. The minimum absolute atomic E-state index is 0.163. The van der Waals surface area contributed by atoms with Crippen molar-refractivity contribution in [2.24, 2.45) is 0 Å². The van der Waals surface area contributed by atoms with Crippen LogP contribution in [0.1, 0.15) is 20.2 Å². The summed E-state index contributed by atoms with van der Waals surface area (Å²) in [5.41, 5.74) is 0.163. The van der Waals surface area contributed by atoms with E-state index in [4.69, 9.17) is 14.6 Å². The number of aromatic nitrogens is 1. The Morgan fingerprint density at radius 3 is 2.79 bits per heavy atom. The zero-order valence-electron chi connectivity index (χ0n) is 10.5. The molecule has 6 heteroatoms. The average Bonchev–Trinajstić information content (AvgIpc) is 2.81. The molecule has 0 saturated heterocycles. The highest BCUT2D eigenvalue weighted by molar-refractivity contribution is 7.11. The Labute approximate surface area is 114 Å². The number of methoxy groups -OCH3 is 1. The van der Waals surface area contributed by atoms with Gasteiger partial charge in [-0.1, -0.05) is 0 Å². The fraction of sp³-hybridized carbons (Fsp3) is 0.231. The number of hydrogen-bond acceptors (Lipinski definition) is 5. The molecule has 0 spiro atoms. The second-order valence-corrected chi connectivity index (χ2v) is 5.12. The normalized spacial score (nSPS) is 10.2. The highest BCUT2D eigenvalue weighted by Crippen LogP contribution is 2.29. The fourth-order valence-electron chi connectivity index (χ4n) is 1.54. The number of carbonyl (C=O) groups is 1. The van der Waals surface area contributed by atoms with Crippen molar-refractivity contribution in [1.29, 1.82) is 0 Å². The third kappa shape index (κ3) is 3.23. The maximum absolute atomic E-state index is 10.9. The first-order chi connectivity index (χ1) is 9.10. The van der Waals surface area contributed by atoms with Crippen LogP contribution in [0.2, 0.25) is 0 Å². The van der Waals surface area contributed by atoms with Gasteiger partial charge in [-0.25, -0.2) is 9.78 Å². The number of aromatic carboxylic acids is 1. The van der Waals surface area contributed by atoms with Gasteiger partial charge in [-0.05, 0) is 25.1 Å². The van der Waals surface area contributed by atoms with E-state index in [1.165, 1.54) is 30.6 Å². The summed E-state index contributed by atoms with van der Waals surface area (Å²) in [6, 6.07) is 4.51. The van der Waals surface area contributed by atoms with E-state index >= 15 is 0 Å². The lowest BCUT2D eigenvalue weighted by molar-refractivity contribution is 0.0696. The van der Waals surface area contributed by atoms with Crippen molar-refractivity contribution in [2.75, 3.05) is 7.11 Å². The zero-order chi connectivity index (χ0) is 13.8. The van der Waals surface area contributed by atoms with E-state index in [2.05, 4.69) is 4.98 Å². The van der Waals surface area contributed by atoms with Gasteiger partial charge in [-0.2, -0.15) is 0 Å². The van der Waals surface area contributed by atoms with E-state index in [0.29, 0.717) is 18.1 Å². The molecule has 1 aromatic heterocycles. The van der Waals surface area contributed by atoms with Crippen molar-refractivity contribution in [2.45, 2.75) is 13.5 Å². The lowest BCUT2D eigenvalue weighted by atomic mass is 10.2. The molecule has 0 unspecified atom stereocenters. The van der Waals surface area contributed by atoms with Crippen LogP contribution in [0.15, 0.2) is 24.4 Å². The molecule has 0 aliphatic carbocycles. The number of rotatable bonds is 5. The summed E-state index contributed by atoms with van der Waals surface area (Å²) in [6.45, 7) is 2.25. The van der Waals surface area contributed by atoms with Gasteiger partial charge in [0.2, 0.25) is 0 Å². The molecule has 0 amide bonds. The van der Waals surface area contributed by atoms with Crippen LogP contribution in [0.4, 0.5) is 0 Å². The van der Waals surface area contributed by atoms with Gasteiger partial charge in [0.15, 0.2) is 11.5 Å². The number of thiazole rings is 1. The van der Waals surface area contributed by atoms with Crippen LogP contribution in [0.25, 0.3) is 0 Å². The van der Waals surface area contributed by atoms with Crippen molar-refractivity contribution in [1.82, 2.24) is 4.98 Å². The van der Waals surface area contributed by atoms with E-state index in [9.17, 15) is 4.79 Å². The predicted octanol–water partition coefficient (Wildman–Crippen LogP) is 2.74. The summed E-state index contributed by atoms with van der Waals surface area (Å²) in [5.74, 6) is -0.0826. The molecule has 0 aliphatic rings. The number of nitrogens with zero attached hydrogens (tertiary/aromatic N) is 1. The summed E-state index contributed by atoms with van der Waals surface area (Å²) in [5, 5.41) is 9.92. The Morgan fingerprint density at radius 1 is 1.42 bits per heavy atom. The summed E-state index contributed by atoms with van der Waals surface area (Å²) in [6.07, 6.45) is 1.74. The largest absolute Gasteiger partial charge is 0.493 e. The summed E-state index contributed by atoms with van der Waals surface area (Å²) < 4.78 is 10.7. The van der Waals surface area contributed by atoms with Gasteiger partial charge >= 0.3 is 5.97 Å². The lowest BCUT2D eigenvalue weighted by Gasteiger charge is -2.10. The first kappa shape index (κ1) is 13.4. The van der Waals surface area contributed by atoms with Gasteiger partial charge in [0.25, 0.3) is 0 Å². The molecule has 19 heavy (non-hydrogen) atoms. The maximum atomic E-state index is 10.9. The number of aryl methyl sites for hydroxylation is 1. The highest BCUT2D eigenvalue weighted by atomic mass is 32.1. The maximum Gasteiger partial charge on any atom is 0.335 e. The Bertz CT molecular complexity index is 594. The summed E-state index contributed by atoms with van der Waals surface area (Å²) in [4.78, 5) is 16.0. The molecule has 5 nitrogen and oxygen atoms in total. The number of benzene rings is 1. The molecule has 1 heterocycles. The molecule has 0 aliphatic heterocycles. The number of carboxylic acids is 1. The summed E-state index contributed by atoms with van der Waals surface area (Å²) >= 11 is 1.54. The Hall–Kier alpha value is -2.08. The van der Waals surface area contributed by atoms with Gasteiger partial charge in [0, 0.05) is 6.20 Å². The van der Waals surface area contributed by atoms with Crippen LogP contribution in [-0.2, 0) is 6.61 Å². The lowest BCUT2D eigenvalue weighted by Crippen LogP contribution is -2.00. The first-order valence-corrected chi connectivity index (χ1v) is 6.37. The molecular weight excluding hydrogens is 266 g/mol. The third-order valence-electron chi connectivity index (χ3n) is 2.45. The molecule has 1 N–H and O–H groups in total. The Morgan fingerprint density at radius 2 is 2.21 bits per heavy atom. The summed E-state index contributed by atoms with van der Waals surface area (Å²) in [7, 11) is 1.51. The van der Waals surface area contributed by atoms with Gasteiger partial charge in [-0.3, -0.25) is 0 Å². The molecule has 0 atom stereocenters. The minimum atomic E-state index is -0.999. The molecular formula is C13H13NO4S. The quantitative estimate of drug-likeness (QED) is 0.911.